The van der Waals surface area contributed by atoms with Crippen LogP contribution in [0.15, 0.2) is 48.5 Å². The molecule has 2 aromatic rings. The predicted octanol–water partition coefficient (Wildman–Crippen LogP) is 3.56. The van der Waals surface area contributed by atoms with Crippen LogP contribution in [0.25, 0.3) is 0 Å². The fourth-order valence-electron chi connectivity index (χ4n) is 1.92. The molecule has 0 spiro atoms. The number of nitro groups is 1. The number of hydrogen-bond donors (Lipinski definition) is 0. The Morgan fingerprint density at radius 3 is 2.37 bits per heavy atom. The number of nitro benzene ring substituents is 1. The maximum absolute atomic E-state index is 11.4. The van der Waals surface area contributed by atoms with Crippen LogP contribution in [0.5, 0.6) is 0 Å². The first-order chi connectivity index (χ1) is 9.09. The first-order valence-corrected chi connectivity index (χ1v) is 5.97. The molecule has 2 rings (SSSR count). The van der Waals surface area contributed by atoms with Gasteiger partial charge in [0.25, 0.3) is 10.9 Å². The quantitative estimate of drug-likeness (QED) is 0.487. The van der Waals surface area contributed by atoms with Gasteiger partial charge in [0.1, 0.15) is 0 Å². The Balaban J connectivity index is 2.52. The summed E-state index contributed by atoms with van der Waals surface area (Å²) in [6.45, 7) is 0. The fourth-order valence-corrected chi connectivity index (χ4v) is 2.09. The van der Waals surface area contributed by atoms with Gasteiger partial charge in [-0.2, -0.15) is 0 Å². The van der Waals surface area contributed by atoms with Gasteiger partial charge in [-0.15, -0.1) is 0 Å². The second-order valence-corrected chi connectivity index (χ2v) is 4.34. The minimum Gasteiger partial charge on any atom is -0.276 e. The molecule has 4 nitrogen and oxygen atoms in total. The van der Waals surface area contributed by atoms with Crippen molar-refractivity contribution in [2.24, 2.45) is 0 Å². The number of carbonyl (C=O) groups is 1. The molecule has 0 amide bonds. The topological polar surface area (TPSA) is 60.2 Å². The summed E-state index contributed by atoms with van der Waals surface area (Å²) in [4.78, 5) is 21.9. The summed E-state index contributed by atoms with van der Waals surface area (Å²) in [6, 6.07) is 13.6. The molecule has 0 aliphatic rings. The lowest BCUT2D eigenvalue weighted by Gasteiger charge is -2.07. The van der Waals surface area contributed by atoms with E-state index in [1.165, 1.54) is 18.2 Å². The van der Waals surface area contributed by atoms with Gasteiger partial charge in [0.15, 0.2) is 0 Å². The second-order valence-electron chi connectivity index (χ2n) is 4.00. The standard InChI is InChI=1S/C14H10ClNO3/c15-14(17)11-7-4-8-13(16(18)19)12(11)9-10-5-2-1-3-6-10/h1-8H,9H2. The van der Waals surface area contributed by atoms with Gasteiger partial charge in [0, 0.05) is 23.6 Å². The van der Waals surface area contributed by atoms with Crippen molar-refractivity contribution in [3.8, 4) is 0 Å². The molecule has 0 saturated heterocycles. The Bertz CT molecular complexity index is 594. The lowest BCUT2D eigenvalue weighted by Crippen LogP contribution is -2.03. The fraction of sp³-hybridized carbons (Fsp3) is 0.0714. The Morgan fingerprint density at radius 1 is 1.11 bits per heavy atom. The maximum Gasteiger partial charge on any atom is 0.273 e. The Kier molecular flexibility index (Phi) is 3.92. The zero-order valence-electron chi connectivity index (χ0n) is 9.88. The van der Waals surface area contributed by atoms with E-state index in [0.717, 1.165) is 5.56 Å². The van der Waals surface area contributed by atoms with E-state index < -0.39 is 10.2 Å². The number of rotatable bonds is 4. The van der Waals surface area contributed by atoms with Gasteiger partial charge in [-0.05, 0) is 23.2 Å². The highest BCUT2D eigenvalue weighted by Crippen LogP contribution is 2.26. The molecule has 0 radical (unpaired) electrons. The van der Waals surface area contributed by atoms with E-state index in [-0.39, 0.29) is 11.3 Å². The first-order valence-electron chi connectivity index (χ1n) is 5.59. The van der Waals surface area contributed by atoms with E-state index in [1.54, 1.807) is 0 Å². The van der Waals surface area contributed by atoms with E-state index >= 15 is 0 Å². The first kappa shape index (κ1) is 13.2. The summed E-state index contributed by atoms with van der Waals surface area (Å²) in [5, 5.41) is 10.4. The van der Waals surface area contributed by atoms with Crippen LogP contribution in [0.2, 0.25) is 0 Å². The maximum atomic E-state index is 11.4. The Hall–Kier alpha value is -2.20. The number of nitrogens with zero attached hydrogens (tertiary/aromatic N) is 1. The van der Waals surface area contributed by atoms with E-state index in [2.05, 4.69) is 0 Å². The number of hydrogen-bond acceptors (Lipinski definition) is 3. The van der Waals surface area contributed by atoms with Crippen molar-refractivity contribution < 1.29 is 9.72 Å². The van der Waals surface area contributed by atoms with Crippen molar-refractivity contribution in [2.45, 2.75) is 6.42 Å². The lowest BCUT2D eigenvalue weighted by atomic mass is 9.98. The highest BCUT2D eigenvalue weighted by molar-refractivity contribution is 6.68. The predicted molar refractivity (Wildman–Crippen MR) is 72.5 cm³/mol. The van der Waals surface area contributed by atoms with Gasteiger partial charge >= 0.3 is 0 Å². The van der Waals surface area contributed by atoms with Crippen LogP contribution < -0.4 is 0 Å². The van der Waals surface area contributed by atoms with E-state index in [9.17, 15) is 14.9 Å². The van der Waals surface area contributed by atoms with Crippen molar-refractivity contribution in [1.82, 2.24) is 0 Å². The smallest absolute Gasteiger partial charge is 0.273 e. The molecule has 2 aromatic carbocycles. The summed E-state index contributed by atoms with van der Waals surface area (Å²) in [5.74, 6) is 0. The molecule has 0 atom stereocenters. The molecular formula is C14H10ClNO3. The SMILES string of the molecule is O=C(Cl)c1cccc([N+](=O)[O-])c1Cc1ccccc1. The minimum absolute atomic E-state index is 0.0876. The van der Waals surface area contributed by atoms with Crippen LogP contribution in [0.3, 0.4) is 0 Å². The summed E-state index contributed by atoms with van der Waals surface area (Å²) < 4.78 is 0. The highest BCUT2D eigenvalue weighted by atomic mass is 35.5. The van der Waals surface area contributed by atoms with Crippen molar-refractivity contribution in [2.75, 3.05) is 0 Å². The highest BCUT2D eigenvalue weighted by Gasteiger charge is 2.20. The van der Waals surface area contributed by atoms with Crippen LogP contribution in [-0.2, 0) is 6.42 Å². The third kappa shape index (κ3) is 2.98. The van der Waals surface area contributed by atoms with Gasteiger partial charge in [-0.3, -0.25) is 14.9 Å². The lowest BCUT2D eigenvalue weighted by molar-refractivity contribution is -0.385. The van der Waals surface area contributed by atoms with Gasteiger partial charge in [-0.1, -0.05) is 36.4 Å². The average molecular weight is 276 g/mol. The third-order valence-electron chi connectivity index (χ3n) is 2.78. The molecule has 0 aromatic heterocycles. The summed E-state index contributed by atoms with van der Waals surface area (Å²) >= 11 is 5.49. The molecule has 0 saturated carbocycles. The minimum atomic E-state index is -0.686. The van der Waals surface area contributed by atoms with Crippen LogP contribution in [0.1, 0.15) is 21.5 Å². The van der Waals surface area contributed by atoms with Crippen LogP contribution >= 0.6 is 11.6 Å². The largest absolute Gasteiger partial charge is 0.276 e. The summed E-state index contributed by atoms with van der Waals surface area (Å²) in [6.07, 6.45) is 0.297. The van der Waals surface area contributed by atoms with Crippen molar-refractivity contribution in [1.29, 1.82) is 0 Å². The van der Waals surface area contributed by atoms with Crippen LogP contribution in [0, 0.1) is 10.1 Å². The van der Waals surface area contributed by atoms with Crippen molar-refractivity contribution >= 4 is 22.5 Å². The van der Waals surface area contributed by atoms with Crippen LogP contribution in [-0.4, -0.2) is 10.2 Å². The molecule has 0 aliphatic heterocycles. The molecule has 0 N–H and O–H groups in total. The molecule has 0 bridgehead atoms. The summed E-state index contributed by atoms with van der Waals surface area (Å²) in [5.41, 5.74) is 1.32. The zero-order chi connectivity index (χ0) is 13.8. The van der Waals surface area contributed by atoms with Gasteiger partial charge in [-0.25, -0.2) is 0 Å². The van der Waals surface area contributed by atoms with Gasteiger partial charge in [0.05, 0.1) is 4.92 Å². The molecule has 0 heterocycles. The summed E-state index contributed by atoms with van der Waals surface area (Å²) in [7, 11) is 0. The number of benzene rings is 2. The Labute approximate surface area is 114 Å². The molecule has 0 unspecified atom stereocenters. The molecule has 19 heavy (non-hydrogen) atoms. The third-order valence-corrected chi connectivity index (χ3v) is 2.99. The number of halogens is 1. The Morgan fingerprint density at radius 2 is 1.79 bits per heavy atom. The molecule has 96 valence electrons. The molecule has 0 fully saturated rings. The zero-order valence-corrected chi connectivity index (χ0v) is 10.6. The second kappa shape index (κ2) is 5.63. The molecule has 0 aliphatic carbocycles. The number of carbonyl (C=O) groups excluding carboxylic acids is 1. The van der Waals surface area contributed by atoms with E-state index in [0.29, 0.717) is 12.0 Å². The average Bonchev–Trinajstić information content (AvgIpc) is 2.39. The van der Waals surface area contributed by atoms with Gasteiger partial charge < -0.3 is 0 Å². The van der Waals surface area contributed by atoms with Crippen molar-refractivity contribution in [3.63, 3.8) is 0 Å². The van der Waals surface area contributed by atoms with E-state index in [4.69, 9.17) is 11.6 Å². The monoisotopic (exact) mass is 275 g/mol. The van der Waals surface area contributed by atoms with Crippen LogP contribution in [0.4, 0.5) is 5.69 Å². The molecular weight excluding hydrogens is 266 g/mol. The van der Waals surface area contributed by atoms with Gasteiger partial charge in [0.2, 0.25) is 0 Å². The normalized spacial score (nSPS) is 10.2. The molecule has 5 heteroatoms. The van der Waals surface area contributed by atoms with Crippen molar-refractivity contribution in [3.05, 3.63) is 75.3 Å². The van der Waals surface area contributed by atoms with E-state index in [1.807, 2.05) is 30.3 Å².